The van der Waals surface area contributed by atoms with E-state index in [0.717, 1.165) is 10.8 Å². The number of aromatic nitrogens is 2. The number of sulfonamides is 1. The Morgan fingerprint density at radius 3 is 2.48 bits per heavy atom. The summed E-state index contributed by atoms with van der Waals surface area (Å²) in [6.07, 6.45) is 1.56. The van der Waals surface area contributed by atoms with Crippen LogP contribution < -0.4 is 4.72 Å². The fraction of sp³-hybridized carbons (Fsp3) is 0.176. The Bertz CT molecular complexity index is 953. The Labute approximate surface area is 135 Å². The molecule has 0 saturated carbocycles. The number of hydrogen-bond acceptors (Lipinski definition) is 4. The molecule has 118 valence electrons. The standard InChI is InChI=1S/C17H17N3O2S/c1-12(2)17-18-10-9-16(19-17)20-23(21,22)15-8-7-13-5-3-4-6-14(13)11-15/h3-12H,1-2H3,(H,18,19,20). The van der Waals surface area contributed by atoms with Gasteiger partial charge in [-0.15, -0.1) is 0 Å². The molecule has 23 heavy (non-hydrogen) atoms. The number of fused-ring (bicyclic) bond motifs is 1. The Hall–Kier alpha value is -2.47. The lowest BCUT2D eigenvalue weighted by molar-refractivity contribution is 0.601. The summed E-state index contributed by atoms with van der Waals surface area (Å²) in [5, 5.41) is 1.87. The summed E-state index contributed by atoms with van der Waals surface area (Å²) in [5.41, 5.74) is 0. The minimum atomic E-state index is -3.69. The van der Waals surface area contributed by atoms with Crippen LogP contribution in [-0.4, -0.2) is 18.4 Å². The van der Waals surface area contributed by atoms with Crippen LogP contribution in [0.15, 0.2) is 59.6 Å². The first-order valence-corrected chi connectivity index (χ1v) is 8.78. The van der Waals surface area contributed by atoms with Crippen LogP contribution in [0, 0.1) is 0 Å². The highest BCUT2D eigenvalue weighted by Gasteiger charge is 2.16. The smallest absolute Gasteiger partial charge is 0.263 e. The van der Waals surface area contributed by atoms with Gasteiger partial charge in [0.2, 0.25) is 0 Å². The third-order valence-corrected chi connectivity index (χ3v) is 4.81. The maximum atomic E-state index is 12.6. The van der Waals surface area contributed by atoms with Gasteiger partial charge >= 0.3 is 0 Å². The van der Waals surface area contributed by atoms with Gasteiger partial charge in [-0.25, -0.2) is 18.4 Å². The molecule has 3 aromatic rings. The normalized spacial score (nSPS) is 11.8. The predicted molar refractivity (Wildman–Crippen MR) is 90.9 cm³/mol. The van der Waals surface area contributed by atoms with Gasteiger partial charge in [0.25, 0.3) is 10.0 Å². The summed E-state index contributed by atoms with van der Waals surface area (Å²) in [6.45, 7) is 3.91. The molecule has 0 aliphatic carbocycles. The Morgan fingerprint density at radius 2 is 1.74 bits per heavy atom. The van der Waals surface area contributed by atoms with Crippen molar-refractivity contribution in [2.45, 2.75) is 24.7 Å². The molecule has 5 nitrogen and oxygen atoms in total. The summed E-state index contributed by atoms with van der Waals surface area (Å²) in [4.78, 5) is 8.59. The van der Waals surface area contributed by atoms with Crippen molar-refractivity contribution in [3.63, 3.8) is 0 Å². The summed E-state index contributed by atoms with van der Waals surface area (Å²) in [7, 11) is -3.69. The third kappa shape index (κ3) is 3.32. The monoisotopic (exact) mass is 327 g/mol. The summed E-state index contributed by atoms with van der Waals surface area (Å²) in [6, 6.07) is 14.2. The van der Waals surface area contributed by atoms with Gasteiger partial charge < -0.3 is 0 Å². The molecule has 6 heteroatoms. The van der Waals surface area contributed by atoms with Crippen LogP contribution in [0.2, 0.25) is 0 Å². The maximum Gasteiger partial charge on any atom is 0.263 e. The zero-order chi connectivity index (χ0) is 16.4. The molecule has 0 aliphatic rings. The molecule has 0 bridgehead atoms. The molecule has 0 atom stereocenters. The second-order valence-corrected chi connectivity index (χ2v) is 7.25. The highest BCUT2D eigenvalue weighted by Crippen LogP contribution is 2.21. The number of benzene rings is 2. The van der Waals surface area contributed by atoms with Crippen molar-refractivity contribution < 1.29 is 8.42 Å². The lowest BCUT2D eigenvalue weighted by Gasteiger charge is -2.10. The van der Waals surface area contributed by atoms with Crippen molar-refractivity contribution in [3.8, 4) is 0 Å². The van der Waals surface area contributed by atoms with Crippen LogP contribution in [0.25, 0.3) is 10.8 Å². The van der Waals surface area contributed by atoms with Gasteiger partial charge in [-0.05, 0) is 29.0 Å². The average molecular weight is 327 g/mol. The van der Waals surface area contributed by atoms with Crippen molar-refractivity contribution in [2.75, 3.05) is 4.72 Å². The molecule has 0 fully saturated rings. The van der Waals surface area contributed by atoms with Crippen molar-refractivity contribution in [2.24, 2.45) is 0 Å². The van der Waals surface area contributed by atoms with Gasteiger partial charge in [-0.2, -0.15) is 0 Å². The lowest BCUT2D eigenvalue weighted by Crippen LogP contribution is -2.14. The van der Waals surface area contributed by atoms with Crippen molar-refractivity contribution >= 4 is 26.6 Å². The first-order valence-electron chi connectivity index (χ1n) is 7.30. The van der Waals surface area contributed by atoms with E-state index in [9.17, 15) is 8.42 Å². The van der Waals surface area contributed by atoms with Gasteiger partial charge in [-0.3, -0.25) is 4.72 Å². The zero-order valence-corrected chi connectivity index (χ0v) is 13.7. The Morgan fingerprint density at radius 1 is 1.00 bits per heavy atom. The lowest BCUT2D eigenvalue weighted by atomic mass is 10.1. The Kier molecular flexibility index (Phi) is 4.00. The molecular formula is C17H17N3O2S. The van der Waals surface area contributed by atoms with Gasteiger partial charge in [0.05, 0.1) is 4.90 Å². The van der Waals surface area contributed by atoms with E-state index >= 15 is 0 Å². The van der Waals surface area contributed by atoms with E-state index in [0.29, 0.717) is 5.82 Å². The van der Waals surface area contributed by atoms with E-state index in [2.05, 4.69) is 14.7 Å². The maximum absolute atomic E-state index is 12.6. The molecule has 1 N–H and O–H groups in total. The van der Waals surface area contributed by atoms with E-state index in [-0.39, 0.29) is 16.6 Å². The quantitative estimate of drug-likeness (QED) is 0.795. The molecular weight excluding hydrogens is 310 g/mol. The minimum absolute atomic E-state index is 0.125. The van der Waals surface area contributed by atoms with Gasteiger partial charge in [0.15, 0.2) is 0 Å². The molecule has 0 radical (unpaired) electrons. The highest BCUT2D eigenvalue weighted by molar-refractivity contribution is 7.92. The average Bonchev–Trinajstić information content (AvgIpc) is 2.54. The summed E-state index contributed by atoms with van der Waals surface area (Å²) >= 11 is 0. The minimum Gasteiger partial charge on any atom is -0.263 e. The van der Waals surface area contributed by atoms with Crippen molar-refractivity contribution in [3.05, 3.63) is 60.6 Å². The summed E-state index contributed by atoms with van der Waals surface area (Å²) in [5.74, 6) is 1.00. The van der Waals surface area contributed by atoms with E-state index in [1.807, 2.05) is 38.1 Å². The molecule has 3 rings (SSSR count). The van der Waals surface area contributed by atoms with Crippen molar-refractivity contribution in [1.82, 2.24) is 9.97 Å². The predicted octanol–water partition coefficient (Wildman–Crippen LogP) is 3.55. The number of rotatable bonds is 4. The summed E-state index contributed by atoms with van der Waals surface area (Å²) < 4.78 is 27.6. The number of nitrogens with one attached hydrogen (secondary N) is 1. The van der Waals surface area contributed by atoms with Crippen LogP contribution in [0.1, 0.15) is 25.6 Å². The van der Waals surface area contributed by atoms with E-state index < -0.39 is 10.0 Å². The second-order valence-electron chi connectivity index (χ2n) is 5.57. The van der Waals surface area contributed by atoms with Gasteiger partial charge in [0.1, 0.15) is 11.6 Å². The first kappa shape index (κ1) is 15.4. The number of anilines is 1. The molecule has 1 heterocycles. The van der Waals surface area contributed by atoms with E-state index in [1.165, 1.54) is 0 Å². The van der Waals surface area contributed by atoms with Crippen LogP contribution in [-0.2, 0) is 10.0 Å². The number of hydrogen-bond donors (Lipinski definition) is 1. The molecule has 0 spiro atoms. The third-order valence-electron chi connectivity index (χ3n) is 3.46. The molecule has 0 unspecified atom stereocenters. The largest absolute Gasteiger partial charge is 0.263 e. The topological polar surface area (TPSA) is 72.0 Å². The van der Waals surface area contributed by atoms with Crippen molar-refractivity contribution in [1.29, 1.82) is 0 Å². The van der Waals surface area contributed by atoms with Crippen LogP contribution in [0.5, 0.6) is 0 Å². The van der Waals surface area contributed by atoms with Crippen LogP contribution in [0.4, 0.5) is 5.82 Å². The number of nitrogens with zero attached hydrogens (tertiary/aromatic N) is 2. The molecule has 0 aliphatic heterocycles. The van der Waals surface area contributed by atoms with Gasteiger partial charge in [0, 0.05) is 12.1 Å². The fourth-order valence-corrected chi connectivity index (χ4v) is 3.28. The molecule has 2 aromatic carbocycles. The van der Waals surface area contributed by atoms with Gasteiger partial charge in [-0.1, -0.05) is 44.2 Å². The molecule has 1 aromatic heterocycles. The Balaban J connectivity index is 1.95. The van der Waals surface area contributed by atoms with Crippen LogP contribution in [0.3, 0.4) is 0 Å². The highest BCUT2D eigenvalue weighted by atomic mass is 32.2. The zero-order valence-electron chi connectivity index (χ0n) is 12.9. The van der Waals surface area contributed by atoms with E-state index in [1.54, 1.807) is 30.5 Å². The van der Waals surface area contributed by atoms with Crippen LogP contribution >= 0.6 is 0 Å². The molecule has 0 saturated heterocycles. The first-order chi connectivity index (χ1) is 11.0. The fourth-order valence-electron chi connectivity index (χ4n) is 2.24. The second kappa shape index (κ2) is 5.96. The van der Waals surface area contributed by atoms with E-state index in [4.69, 9.17) is 0 Å². The SMILES string of the molecule is CC(C)c1nccc(NS(=O)(=O)c2ccc3ccccc3c2)n1. The molecule has 0 amide bonds.